The lowest BCUT2D eigenvalue weighted by molar-refractivity contribution is 0.0699. The summed E-state index contributed by atoms with van der Waals surface area (Å²) in [4.78, 5) is 16.8. The van der Waals surface area contributed by atoms with Crippen molar-refractivity contribution >= 4 is 28.8 Å². The van der Waals surface area contributed by atoms with Gasteiger partial charge in [0.25, 0.3) is 5.91 Å². The molecule has 1 unspecified atom stereocenters. The number of amides is 1. The van der Waals surface area contributed by atoms with E-state index in [0.29, 0.717) is 44.8 Å². The smallest absolute Gasteiger partial charge is 0.264 e. The number of benzene rings is 3. The molecular formula is C28H22ClF2NO3S. The molecule has 0 bridgehead atoms. The van der Waals surface area contributed by atoms with Gasteiger partial charge in [-0.3, -0.25) is 4.79 Å². The molecule has 1 aliphatic rings. The number of halogens is 3. The second-order valence-electron chi connectivity index (χ2n) is 8.37. The van der Waals surface area contributed by atoms with Crippen molar-refractivity contribution in [2.45, 2.75) is 12.5 Å². The molecule has 4 aromatic rings. The van der Waals surface area contributed by atoms with Crippen molar-refractivity contribution < 1.29 is 23.0 Å². The maximum absolute atomic E-state index is 13.9. The number of ether oxygens (including phenoxy) is 2. The van der Waals surface area contributed by atoms with Gasteiger partial charge in [0.15, 0.2) is 23.1 Å². The van der Waals surface area contributed by atoms with E-state index in [4.69, 9.17) is 21.1 Å². The minimum atomic E-state index is -0.926. The van der Waals surface area contributed by atoms with Crippen LogP contribution in [0.2, 0.25) is 5.02 Å². The summed E-state index contributed by atoms with van der Waals surface area (Å²) in [6.45, 7) is 0.468. The maximum atomic E-state index is 13.9. The standard InChI is InChI=1S/C28H22ClF2NO3S/c1-34-23-14-16-11-12-32(27(19(16)15-24(23)35-2)18-5-3-4-6-20(18)29)28(33)26-10-9-25(36-26)17-7-8-21(30)22(31)13-17/h3-10,13-15,27H,11-12H2,1-2H3. The van der Waals surface area contributed by atoms with E-state index in [1.807, 2.05) is 30.3 Å². The summed E-state index contributed by atoms with van der Waals surface area (Å²) in [5.74, 6) is -0.806. The minimum absolute atomic E-state index is 0.167. The van der Waals surface area contributed by atoms with Crippen molar-refractivity contribution in [1.29, 1.82) is 0 Å². The minimum Gasteiger partial charge on any atom is -0.493 e. The van der Waals surface area contributed by atoms with Gasteiger partial charge in [-0.1, -0.05) is 35.9 Å². The van der Waals surface area contributed by atoms with Crippen molar-refractivity contribution in [1.82, 2.24) is 4.90 Å². The summed E-state index contributed by atoms with van der Waals surface area (Å²) in [7, 11) is 3.17. The molecule has 5 rings (SSSR count). The Hall–Kier alpha value is -3.42. The molecule has 1 aromatic heterocycles. The number of rotatable bonds is 5. The van der Waals surface area contributed by atoms with E-state index in [1.54, 1.807) is 37.3 Å². The highest BCUT2D eigenvalue weighted by molar-refractivity contribution is 7.17. The highest BCUT2D eigenvalue weighted by Crippen LogP contribution is 2.43. The van der Waals surface area contributed by atoms with Gasteiger partial charge in [-0.25, -0.2) is 8.78 Å². The van der Waals surface area contributed by atoms with Crippen LogP contribution >= 0.6 is 22.9 Å². The van der Waals surface area contributed by atoms with Crippen LogP contribution < -0.4 is 9.47 Å². The summed E-state index contributed by atoms with van der Waals surface area (Å²) in [5.41, 5.74) is 3.28. The number of nitrogens with zero attached hydrogens (tertiary/aromatic N) is 1. The number of thiophene rings is 1. The number of methoxy groups -OCH3 is 2. The fourth-order valence-corrected chi connectivity index (χ4v) is 5.79. The fourth-order valence-electron chi connectivity index (χ4n) is 4.60. The molecule has 0 aliphatic carbocycles. The van der Waals surface area contributed by atoms with Crippen LogP contribution in [0.5, 0.6) is 11.5 Å². The van der Waals surface area contributed by atoms with Crippen LogP contribution in [0.4, 0.5) is 8.78 Å². The van der Waals surface area contributed by atoms with E-state index < -0.39 is 17.7 Å². The Balaban J connectivity index is 1.57. The zero-order valence-electron chi connectivity index (χ0n) is 19.6. The number of carbonyl (C=O) groups is 1. The first-order valence-electron chi connectivity index (χ1n) is 11.3. The van der Waals surface area contributed by atoms with Gasteiger partial charge >= 0.3 is 0 Å². The lowest BCUT2D eigenvalue weighted by Gasteiger charge is -2.38. The van der Waals surface area contributed by atoms with Crippen LogP contribution in [0.3, 0.4) is 0 Å². The van der Waals surface area contributed by atoms with Gasteiger partial charge in [0, 0.05) is 16.4 Å². The summed E-state index contributed by atoms with van der Waals surface area (Å²) < 4.78 is 38.2. The van der Waals surface area contributed by atoms with Crippen molar-refractivity contribution in [3.05, 3.63) is 105 Å². The fraction of sp³-hybridized carbons (Fsp3) is 0.179. The molecule has 0 radical (unpaired) electrons. The topological polar surface area (TPSA) is 38.8 Å². The summed E-state index contributed by atoms with van der Waals surface area (Å²) in [6, 6.07) is 18.1. The van der Waals surface area contributed by atoms with E-state index >= 15 is 0 Å². The first-order valence-corrected chi connectivity index (χ1v) is 12.5. The van der Waals surface area contributed by atoms with Crippen LogP contribution in [0.1, 0.15) is 32.4 Å². The monoisotopic (exact) mass is 525 g/mol. The van der Waals surface area contributed by atoms with E-state index in [9.17, 15) is 13.6 Å². The molecular weight excluding hydrogens is 504 g/mol. The lowest BCUT2D eigenvalue weighted by atomic mass is 9.87. The molecule has 0 saturated carbocycles. The molecule has 0 spiro atoms. The van der Waals surface area contributed by atoms with Crippen molar-refractivity contribution in [3.8, 4) is 21.9 Å². The van der Waals surface area contributed by atoms with E-state index in [1.165, 1.54) is 17.4 Å². The molecule has 0 N–H and O–H groups in total. The van der Waals surface area contributed by atoms with E-state index in [-0.39, 0.29) is 5.91 Å². The van der Waals surface area contributed by atoms with E-state index in [0.717, 1.165) is 28.8 Å². The number of hydrogen-bond acceptors (Lipinski definition) is 4. The Kier molecular flexibility index (Phi) is 6.69. The van der Waals surface area contributed by atoms with Crippen LogP contribution in [-0.2, 0) is 6.42 Å². The van der Waals surface area contributed by atoms with Crippen molar-refractivity contribution in [3.63, 3.8) is 0 Å². The molecule has 1 atom stereocenters. The van der Waals surface area contributed by atoms with Gasteiger partial charge in [0.05, 0.1) is 25.1 Å². The SMILES string of the molecule is COc1cc2c(cc1OC)C(c1ccccc1Cl)N(C(=O)c1ccc(-c3ccc(F)c(F)c3)s1)CC2. The largest absolute Gasteiger partial charge is 0.493 e. The molecule has 4 nitrogen and oxygen atoms in total. The van der Waals surface area contributed by atoms with Crippen molar-refractivity contribution in [2.75, 3.05) is 20.8 Å². The molecule has 2 heterocycles. The zero-order chi connectivity index (χ0) is 25.4. The number of fused-ring (bicyclic) bond motifs is 1. The third-order valence-corrected chi connectivity index (χ3v) is 7.82. The van der Waals surface area contributed by atoms with Gasteiger partial charge in [-0.2, -0.15) is 0 Å². The van der Waals surface area contributed by atoms with E-state index in [2.05, 4.69) is 0 Å². The summed E-state index contributed by atoms with van der Waals surface area (Å²) in [5, 5.41) is 0.552. The second kappa shape index (κ2) is 9.91. The molecule has 184 valence electrons. The molecule has 36 heavy (non-hydrogen) atoms. The van der Waals surface area contributed by atoms with Crippen molar-refractivity contribution in [2.24, 2.45) is 0 Å². The molecule has 1 aliphatic heterocycles. The van der Waals surface area contributed by atoms with Crippen LogP contribution in [0.15, 0.2) is 66.7 Å². The zero-order valence-corrected chi connectivity index (χ0v) is 21.1. The maximum Gasteiger partial charge on any atom is 0.264 e. The highest BCUT2D eigenvalue weighted by atomic mass is 35.5. The van der Waals surface area contributed by atoms with Gasteiger partial charge in [-0.15, -0.1) is 11.3 Å². The van der Waals surface area contributed by atoms with Gasteiger partial charge in [0.1, 0.15) is 0 Å². The van der Waals surface area contributed by atoms with Crippen LogP contribution in [0.25, 0.3) is 10.4 Å². The molecule has 1 amide bonds. The highest BCUT2D eigenvalue weighted by Gasteiger charge is 2.35. The molecule has 8 heteroatoms. The first kappa shape index (κ1) is 24.3. The normalized spacial score (nSPS) is 14.9. The predicted octanol–water partition coefficient (Wildman–Crippen LogP) is 7.15. The van der Waals surface area contributed by atoms with Gasteiger partial charge in [0.2, 0.25) is 0 Å². The third kappa shape index (κ3) is 4.33. The Labute approximate surface area is 216 Å². The quantitative estimate of drug-likeness (QED) is 0.278. The van der Waals surface area contributed by atoms with Crippen LogP contribution in [0, 0.1) is 11.6 Å². The molecule has 3 aromatic carbocycles. The molecule has 0 fully saturated rings. The Bertz CT molecular complexity index is 1450. The average molecular weight is 526 g/mol. The third-order valence-electron chi connectivity index (χ3n) is 6.36. The Morgan fingerprint density at radius 2 is 1.69 bits per heavy atom. The first-order chi connectivity index (χ1) is 17.4. The van der Waals surface area contributed by atoms with Gasteiger partial charge < -0.3 is 14.4 Å². The molecule has 0 saturated heterocycles. The van der Waals surface area contributed by atoms with Gasteiger partial charge in [-0.05, 0) is 71.1 Å². The van der Waals surface area contributed by atoms with Crippen LogP contribution in [-0.4, -0.2) is 31.6 Å². The Morgan fingerprint density at radius 3 is 2.42 bits per heavy atom. The second-order valence-corrected chi connectivity index (χ2v) is 9.86. The predicted molar refractivity (Wildman–Crippen MR) is 137 cm³/mol. The lowest BCUT2D eigenvalue weighted by Crippen LogP contribution is -2.40. The summed E-state index contributed by atoms with van der Waals surface area (Å²) >= 11 is 7.87. The Morgan fingerprint density at radius 1 is 0.944 bits per heavy atom. The summed E-state index contributed by atoms with van der Waals surface area (Å²) in [6.07, 6.45) is 0.629. The number of hydrogen-bond donors (Lipinski definition) is 0. The number of carbonyl (C=O) groups excluding carboxylic acids is 1. The average Bonchev–Trinajstić information content (AvgIpc) is 3.39.